The molecule has 1 aromatic carbocycles. The fourth-order valence-electron chi connectivity index (χ4n) is 3.47. The molecule has 29 heavy (non-hydrogen) atoms. The maximum absolute atomic E-state index is 13.3. The van der Waals surface area contributed by atoms with Crippen LogP contribution in [0, 0.1) is 5.82 Å². The predicted molar refractivity (Wildman–Crippen MR) is 111 cm³/mol. The third-order valence-corrected chi connectivity index (χ3v) is 4.99. The highest BCUT2D eigenvalue weighted by atomic mass is 19.1. The van der Waals surface area contributed by atoms with Crippen molar-refractivity contribution in [2.24, 2.45) is 5.73 Å². The van der Waals surface area contributed by atoms with Crippen molar-refractivity contribution >= 4 is 23.0 Å². The standard InChI is InChI=1S/C22H27FN4O2/c1-2-29-14-19(28)20(21(24)15-8-10-16(23)11-9-15)18-12-13-25-22(27-18)26-17-6-4-3-5-7-17/h8-13,17H,2-7,14,24H2,1H3,(H,25,26,27). The third-order valence-electron chi connectivity index (χ3n) is 4.99. The Hall–Kier alpha value is -2.80. The van der Waals surface area contributed by atoms with Crippen molar-refractivity contribution in [1.29, 1.82) is 0 Å². The number of nitrogens with zero attached hydrogens (tertiary/aromatic N) is 2. The number of nitrogens with one attached hydrogen (secondary N) is 1. The first kappa shape index (κ1) is 20.9. The highest BCUT2D eigenvalue weighted by molar-refractivity contribution is 6.27. The van der Waals surface area contributed by atoms with Gasteiger partial charge < -0.3 is 15.8 Å². The van der Waals surface area contributed by atoms with Gasteiger partial charge in [-0.05, 0) is 55.7 Å². The molecular formula is C22H27FN4O2. The molecule has 154 valence electrons. The Morgan fingerprint density at radius 2 is 1.93 bits per heavy atom. The van der Waals surface area contributed by atoms with E-state index in [1.54, 1.807) is 24.4 Å². The maximum atomic E-state index is 13.3. The van der Waals surface area contributed by atoms with Crippen LogP contribution in [0.3, 0.4) is 0 Å². The Balaban J connectivity index is 1.95. The second-order valence-corrected chi connectivity index (χ2v) is 7.10. The van der Waals surface area contributed by atoms with Crippen LogP contribution in [-0.4, -0.2) is 35.0 Å². The number of aromatic nitrogens is 2. The molecule has 7 heteroatoms. The van der Waals surface area contributed by atoms with Gasteiger partial charge in [0.15, 0.2) is 5.78 Å². The van der Waals surface area contributed by atoms with Crippen LogP contribution in [0.1, 0.15) is 50.3 Å². The van der Waals surface area contributed by atoms with Gasteiger partial charge in [-0.15, -0.1) is 0 Å². The van der Waals surface area contributed by atoms with Gasteiger partial charge in [0.25, 0.3) is 0 Å². The molecule has 6 nitrogen and oxygen atoms in total. The normalized spacial score (nSPS) is 15.7. The molecule has 0 amide bonds. The maximum Gasteiger partial charge on any atom is 0.223 e. The SMILES string of the molecule is CCOCC(=O)C(=C(N)c1ccc(F)cc1)c1ccnc(NC2CCCCC2)n1. The van der Waals surface area contributed by atoms with E-state index in [1.807, 2.05) is 6.92 Å². The summed E-state index contributed by atoms with van der Waals surface area (Å²) in [5, 5.41) is 3.37. The van der Waals surface area contributed by atoms with Gasteiger partial charge >= 0.3 is 0 Å². The molecule has 1 fully saturated rings. The highest BCUT2D eigenvalue weighted by Gasteiger charge is 2.20. The Labute approximate surface area is 170 Å². The van der Waals surface area contributed by atoms with E-state index in [0.29, 0.717) is 29.9 Å². The number of benzene rings is 1. The number of ether oxygens (including phenoxy) is 1. The van der Waals surface area contributed by atoms with Crippen LogP contribution < -0.4 is 11.1 Å². The second-order valence-electron chi connectivity index (χ2n) is 7.10. The lowest BCUT2D eigenvalue weighted by Crippen LogP contribution is -2.24. The zero-order valence-electron chi connectivity index (χ0n) is 16.7. The molecule has 2 aromatic rings. The number of Topliss-reactive ketones (excluding diaryl/α,β-unsaturated/α-hetero) is 1. The van der Waals surface area contributed by atoms with Crippen LogP contribution >= 0.6 is 0 Å². The van der Waals surface area contributed by atoms with Crippen molar-refractivity contribution in [1.82, 2.24) is 9.97 Å². The van der Waals surface area contributed by atoms with E-state index in [0.717, 1.165) is 12.8 Å². The van der Waals surface area contributed by atoms with Crippen molar-refractivity contribution in [3.63, 3.8) is 0 Å². The van der Waals surface area contributed by atoms with Crippen LogP contribution in [0.2, 0.25) is 0 Å². The van der Waals surface area contributed by atoms with Crippen molar-refractivity contribution in [2.75, 3.05) is 18.5 Å². The van der Waals surface area contributed by atoms with Gasteiger partial charge in [-0.1, -0.05) is 19.3 Å². The lowest BCUT2D eigenvalue weighted by atomic mass is 9.96. The fraction of sp³-hybridized carbons (Fsp3) is 0.409. The number of nitrogens with two attached hydrogens (primary N) is 1. The molecule has 3 rings (SSSR count). The summed E-state index contributed by atoms with van der Waals surface area (Å²) in [5.74, 6) is -0.177. The number of ketones is 1. The van der Waals surface area contributed by atoms with E-state index in [1.165, 1.54) is 31.4 Å². The number of hydrogen-bond acceptors (Lipinski definition) is 6. The zero-order valence-corrected chi connectivity index (χ0v) is 16.7. The van der Waals surface area contributed by atoms with Crippen molar-refractivity contribution in [2.45, 2.75) is 45.1 Å². The first-order valence-electron chi connectivity index (χ1n) is 10.0. The van der Waals surface area contributed by atoms with Gasteiger partial charge in [0.05, 0.1) is 17.0 Å². The smallest absolute Gasteiger partial charge is 0.223 e. The van der Waals surface area contributed by atoms with Crippen LogP contribution in [0.25, 0.3) is 11.3 Å². The van der Waals surface area contributed by atoms with Crippen LogP contribution in [0.5, 0.6) is 0 Å². The number of carbonyl (C=O) groups excluding carboxylic acids is 1. The van der Waals surface area contributed by atoms with Gasteiger partial charge in [-0.3, -0.25) is 4.79 Å². The van der Waals surface area contributed by atoms with Gasteiger partial charge in [-0.2, -0.15) is 0 Å². The molecule has 1 aliphatic carbocycles. The molecule has 0 spiro atoms. The monoisotopic (exact) mass is 398 g/mol. The summed E-state index contributed by atoms with van der Waals surface area (Å²) in [6, 6.07) is 7.69. The average Bonchev–Trinajstić information content (AvgIpc) is 2.74. The third kappa shape index (κ3) is 5.60. The molecule has 1 heterocycles. The average molecular weight is 398 g/mol. The molecule has 1 aromatic heterocycles. The minimum atomic E-state index is -0.371. The van der Waals surface area contributed by atoms with Crippen molar-refractivity contribution < 1.29 is 13.9 Å². The first-order chi connectivity index (χ1) is 14.1. The van der Waals surface area contributed by atoms with E-state index >= 15 is 0 Å². The highest BCUT2D eigenvalue weighted by Crippen LogP contribution is 2.25. The number of hydrogen-bond donors (Lipinski definition) is 2. The molecule has 0 radical (unpaired) electrons. The molecule has 0 atom stereocenters. The van der Waals surface area contributed by atoms with Gasteiger partial charge in [0.1, 0.15) is 12.4 Å². The molecule has 0 aliphatic heterocycles. The summed E-state index contributed by atoms with van der Waals surface area (Å²) in [6.45, 7) is 2.12. The van der Waals surface area contributed by atoms with Gasteiger partial charge in [0.2, 0.25) is 5.95 Å². The van der Waals surface area contributed by atoms with Gasteiger partial charge in [-0.25, -0.2) is 14.4 Å². The number of carbonyl (C=O) groups is 1. The molecule has 1 saturated carbocycles. The summed E-state index contributed by atoms with van der Waals surface area (Å²) >= 11 is 0. The second kappa shape index (κ2) is 10.1. The zero-order chi connectivity index (χ0) is 20.6. The lowest BCUT2D eigenvalue weighted by Gasteiger charge is -2.23. The first-order valence-corrected chi connectivity index (χ1v) is 10.0. The Morgan fingerprint density at radius 1 is 1.21 bits per heavy atom. The molecule has 0 unspecified atom stereocenters. The summed E-state index contributed by atoms with van der Waals surface area (Å²) < 4.78 is 18.6. The largest absolute Gasteiger partial charge is 0.398 e. The summed E-state index contributed by atoms with van der Waals surface area (Å²) in [7, 11) is 0. The molecule has 0 saturated heterocycles. The van der Waals surface area contributed by atoms with E-state index in [2.05, 4.69) is 15.3 Å². The molecular weight excluding hydrogens is 371 g/mol. The Morgan fingerprint density at radius 3 is 2.62 bits per heavy atom. The summed E-state index contributed by atoms with van der Waals surface area (Å²) in [4.78, 5) is 21.7. The van der Waals surface area contributed by atoms with E-state index in [4.69, 9.17) is 10.5 Å². The number of halogens is 1. The summed E-state index contributed by atoms with van der Waals surface area (Å²) in [5.41, 5.74) is 7.78. The van der Waals surface area contributed by atoms with Crippen molar-refractivity contribution in [3.8, 4) is 0 Å². The molecule has 3 N–H and O–H groups in total. The molecule has 0 bridgehead atoms. The quantitative estimate of drug-likeness (QED) is 0.658. The van der Waals surface area contributed by atoms with E-state index < -0.39 is 0 Å². The minimum absolute atomic E-state index is 0.108. The Kier molecular flexibility index (Phi) is 7.30. The van der Waals surface area contributed by atoms with E-state index in [9.17, 15) is 9.18 Å². The van der Waals surface area contributed by atoms with Gasteiger partial charge in [0, 0.05) is 18.8 Å². The van der Waals surface area contributed by atoms with Crippen LogP contribution in [0.15, 0.2) is 36.5 Å². The lowest BCUT2D eigenvalue weighted by molar-refractivity contribution is -0.117. The fourth-order valence-corrected chi connectivity index (χ4v) is 3.47. The summed E-state index contributed by atoms with van der Waals surface area (Å²) in [6.07, 6.45) is 7.40. The van der Waals surface area contributed by atoms with Crippen LogP contribution in [-0.2, 0) is 9.53 Å². The number of anilines is 1. The Bertz CT molecular complexity index is 861. The number of rotatable bonds is 8. The van der Waals surface area contributed by atoms with Crippen molar-refractivity contribution in [3.05, 3.63) is 53.6 Å². The topological polar surface area (TPSA) is 90.1 Å². The molecule has 1 aliphatic rings. The van der Waals surface area contributed by atoms with Crippen LogP contribution in [0.4, 0.5) is 10.3 Å². The predicted octanol–water partition coefficient (Wildman–Crippen LogP) is 3.79. The minimum Gasteiger partial charge on any atom is -0.398 e. The van der Waals surface area contributed by atoms with E-state index in [-0.39, 0.29) is 29.5 Å².